The van der Waals surface area contributed by atoms with E-state index in [1.807, 2.05) is 0 Å². The van der Waals surface area contributed by atoms with Crippen LogP contribution in [0.3, 0.4) is 0 Å². The largest absolute Gasteiger partial charge is 0.301 e. The molecule has 0 bridgehead atoms. The Bertz CT molecular complexity index is 130. The monoisotopic (exact) mass is 139 g/mol. The van der Waals surface area contributed by atoms with Gasteiger partial charge in [-0.25, -0.2) is 0 Å². The summed E-state index contributed by atoms with van der Waals surface area (Å²) in [6.45, 7) is 5.69. The first-order valence-corrected chi connectivity index (χ1v) is 4.05. The Labute approximate surface area is 63.7 Å². The van der Waals surface area contributed by atoms with Crippen molar-refractivity contribution in [1.82, 2.24) is 4.90 Å². The summed E-state index contributed by atoms with van der Waals surface area (Å²) in [4.78, 5) is 2.42. The van der Waals surface area contributed by atoms with Gasteiger partial charge in [-0.2, -0.15) is 0 Å². The molecule has 0 radical (unpaired) electrons. The fourth-order valence-corrected chi connectivity index (χ4v) is 1.45. The Morgan fingerprint density at radius 1 is 1.40 bits per heavy atom. The Hall–Kier alpha value is -0.300. The molecule has 0 atom stereocenters. The van der Waals surface area contributed by atoms with Crippen LogP contribution in [0.1, 0.15) is 26.7 Å². The SMILES string of the molecule is CCN(C)C1(C)CC=CC1. The first-order chi connectivity index (χ1) is 4.69. The van der Waals surface area contributed by atoms with Gasteiger partial charge in [-0.05, 0) is 33.4 Å². The highest BCUT2D eigenvalue weighted by molar-refractivity contribution is 5.06. The predicted molar refractivity (Wildman–Crippen MR) is 45.1 cm³/mol. The van der Waals surface area contributed by atoms with Gasteiger partial charge in [0.1, 0.15) is 0 Å². The van der Waals surface area contributed by atoms with Gasteiger partial charge in [0.15, 0.2) is 0 Å². The summed E-state index contributed by atoms with van der Waals surface area (Å²) in [5.74, 6) is 0. The van der Waals surface area contributed by atoms with Crippen LogP contribution in [0.25, 0.3) is 0 Å². The van der Waals surface area contributed by atoms with Crippen LogP contribution < -0.4 is 0 Å². The summed E-state index contributed by atoms with van der Waals surface area (Å²) in [6, 6.07) is 0. The predicted octanol–water partition coefficient (Wildman–Crippen LogP) is 2.05. The molecular formula is C9H17N. The molecule has 1 aliphatic carbocycles. The molecule has 1 rings (SSSR count). The van der Waals surface area contributed by atoms with E-state index in [-0.39, 0.29) is 0 Å². The Kier molecular flexibility index (Phi) is 2.14. The molecule has 0 amide bonds. The van der Waals surface area contributed by atoms with Gasteiger partial charge in [0.25, 0.3) is 0 Å². The molecule has 0 aromatic carbocycles. The van der Waals surface area contributed by atoms with Gasteiger partial charge in [0.05, 0.1) is 0 Å². The maximum absolute atomic E-state index is 2.42. The van der Waals surface area contributed by atoms with Gasteiger partial charge in [-0.3, -0.25) is 0 Å². The zero-order chi connectivity index (χ0) is 7.61. The van der Waals surface area contributed by atoms with E-state index in [2.05, 4.69) is 37.9 Å². The minimum absolute atomic E-state index is 0.425. The summed E-state index contributed by atoms with van der Waals surface area (Å²) in [5.41, 5.74) is 0.425. The molecule has 0 N–H and O–H groups in total. The van der Waals surface area contributed by atoms with Crippen LogP contribution in [0.4, 0.5) is 0 Å². The molecule has 0 unspecified atom stereocenters. The van der Waals surface area contributed by atoms with Gasteiger partial charge in [-0.15, -0.1) is 0 Å². The molecule has 0 aromatic rings. The molecule has 0 saturated carbocycles. The summed E-state index contributed by atoms with van der Waals surface area (Å²) < 4.78 is 0. The molecule has 1 heteroatoms. The number of hydrogen-bond donors (Lipinski definition) is 0. The summed E-state index contributed by atoms with van der Waals surface area (Å²) in [5, 5.41) is 0. The third-order valence-electron chi connectivity index (χ3n) is 2.68. The number of rotatable bonds is 2. The van der Waals surface area contributed by atoms with Crippen molar-refractivity contribution in [2.75, 3.05) is 13.6 Å². The fraction of sp³-hybridized carbons (Fsp3) is 0.778. The van der Waals surface area contributed by atoms with Crippen LogP contribution in [-0.2, 0) is 0 Å². The van der Waals surface area contributed by atoms with Crippen molar-refractivity contribution >= 4 is 0 Å². The smallest absolute Gasteiger partial charge is 0.0247 e. The number of nitrogens with zero attached hydrogens (tertiary/aromatic N) is 1. The minimum Gasteiger partial charge on any atom is -0.301 e. The van der Waals surface area contributed by atoms with Gasteiger partial charge >= 0.3 is 0 Å². The van der Waals surface area contributed by atoms with Crippen molar-refractivity contribution in [2.24, 2.45) is 0 Å². The quantitative estimate of drug-likeness (QED) is 0.529. The molecule has 10 heavy (non-hydrogen) atoms. The average Bonchev–Trinajstić information content (AvgIpc) is 2.36. The number of hydrogen-bond acceptors (Lipinski definition) is 1. The second-order valence-corrected chi connectivity index (χ2v) is 3.39. The van der Waals surface area contributed by atoms with Crippen molar-refractivity contribution in [1.29, 1.82) is 0 Å². The van der Waals surface area contributed by atoms with E-state index in [0.29, 0.717) is 5.54 Å². The van der Waals surface area contributed by atoms with Crippen LogP contribution in [0, 0.1) is 0 Å². The molecule has 0 saturated heterocycles. The molecule has 0 fully saturated rings. The van der Waals surface area contributed by atoms with Gasteiger partial charge in [0.2, 0.25) is 0 Å². The highest BCUT2D eigenvalue weighted by Crippen LogP contribution is 2.28. The molecular weight excluding hydrogens is 122 g/mol. The maximum Gasteiger partial charge on any atom is 0.0247 e. The molecule has 1 aliphatic rings. The standard InChI is InChI=1S/C9H17N/c1-4-10(3)9(2)7-5-6-8-9/h5-6H,4,7-8H2,1-3H3. The molecule has 1 nitrogen and oxygen atoms in total. The van der Waals surface area contributed by atoms with Crippen molar-refractivity contribution in [3.63, 3.8) is 0 Å². The topological polar surface area (TPSA) is 3.24 Å². The minimum atomic E-state index is 0.425. The van der Waals surface area contributed by atoms with Crippen molar-refractivity contribution < 1.29 is 0 Å². The van der Waals surface area contributed by atoms with Crippen LogP contribution in [0.15, 0.2) is 12.2 Å². The van der Waals surface area contributed by atoms with Crippen molar-refractivity contribution in [3.8, 4) is 0 Å². The Balaban J connectivity index is 2.52. The Morgan fingerprint density at radius 3 is 2.30 bits per heavy atom. The van der Waals surface area contributed by atoms with Crippen molar-refractivity contribution in [2.45, 2.75) is 32.2 Å². The maximum atomic E-state index is 2.42. The lowest BCUT2D eigenvalue weighted by molar-refractivity contribution is 0.158. The zero-order valence-electron chi connectivity index (χ0n) is 7.22. The third-order valence-corrected chi connectivity index (χ3v) is 2.68. The van der Waals surface area contributed by atoms with Gasteiger partial charge < -0.3 is 4.90 Å². The molecule has 0 spiro atoms. The summed E-state index contributed by atoms with van der Waals surface area (Å²) in [7, 11) is 2.20. The highest BCUT2D eigenvalue weighted by atomic mass is 15.2. The second-order valence-electron chi connectivity index (χ2n) is 3.39. The summed E-state index contributed by atoms with van der Waals surface area (Å²) in [6.07, 6.45) is 7.01. The lowest BCUT2D eigenvalue weighted by Gasteiger charge is -2.34. The van der Waals surface area contributed by atoms with E-state index >= 15 is 0 Å². The normalized spacial score (nSPS) is 22.4. The molecule has 0 aromatic heterocycles. The third kappa shape index (κ3) is 1.24. The lowest BCUT2D eigenvalue weighted by atomic mass is 9.98. The fourth-order valence-electron chi connectivity index (χ4n) is 1.45. The second kappa shape index (κ2) is 2.75. The first kappa shape index (κ1) is 7.80. The van der Waals surface area contributed by atoms with E-state index in [4.69, 9.17) is 0 Å². The van der Waals surface area contributed by atoms with E-state index in [1.165, 1.54) is 12.8 Å². The van der Waals surface area contributed by atoms with Crippen LogP contribution >= 0.6 is 0 Å². The molecule has 0 heterocycles. The van der Waals surface area contributed by atoms with Crippen molar-refractivity contribution in [3.05, 3.63) is 12.2 Å². The zero-order valence-corrected chi connectivity index (χ0v) is 7.22. The van der Waals surface area contributed by atoms with E-state index in [9.17, 15) is 0 Å². The lowest BCUT2D eigenvalue weighted by Crippen LogP contribution is -2.41. The average molecular weight is 139 g/mol. The van der Waals surface area contributed by atoms with E-state index < -0.39 is 0 Å². The van der Waals surface area contributed by atoms with E-state index in [0.717, 1.165) is 6.54 Å². The van der Waals surface area contributed by atoms with E-state index in [1.54, 1.807) is 0 Å². The van der Waals surface area contributed by atoms with Gasteiger partial charge in [-0.1, -0.05) is 19.1 Å². The Morgan fingerprint density at radius 2 is 1.90 bits per heavy atom. The van der Waals surface area contributed by atoms with Gasteiger partial charge in [0, 0.05) is 5.54 Å². The summed E-state index contributed by atoms with van der Waals surface area (Å²) >= 11 is 0. The first-order valence-electron chi connectivity index (χ1n) is 4.05. The molecule has 58 valence electrons. The van der Waals surface area contributed by atoms with Crippen LogP contribution in [0.5, 0.6) is 0 Å². The van der Waals surface area contributed by atoms with Crippen LogP contribution in [-0.4, -0.2) is 24.0 Å². The molecule has 0 aliphatic heterocycles. The van der Waals surface area contributed by atoms with Crippen LogP contribution in [0.2, 0.25) is 0 Å². The highest BCUT2D eigenvalue weighted by Gasteiger charge is 2.28.